The Balaban J connectivity index is 1.71. The van der Waals surface area contributed by atoms with Gasteiger partial charge in [-0.3, -0.25) is 4.90 Å². The number of nitrogens with one attached hydrogen (secondary N) is 1. The van der Waals surface area contributed by atoms with Crippen molar-refractivity contribution in [1.82, 2.24) is 10.2 Å². The molecule has 1 aromatic rings. The molecule has 2 atom stereocenters. The normalized spacial score (nSPS) is 29.5. The Bertz CT molecular complexity index is 426. The van der Waals surface area contributed by atoms with E-state index in [-0.39, 0.29) is 0 Å². The highest BCUT2D eigenvalue weighted by Gasteiger charge is 2.37. The fourth-order valence-electron chi connectivity index (χ4n) is 4.01. The molecule has 2 unspecified atom stereocenters. The number of hydrogen-bond donors (Lipinski definition) is 1. The molecule has 2 fully saturated rings. The third-order valence-corrected chi connectivity index (χ3v) is 5.36. The van der Waals surface area contributed by atoms with Gasteiger partial charge in [0.1, 0.15) is 0 Å². The van der Waals surface area contributed by atoms with Crippen molar-refractivity contribution in [1.29, 1.82) is 0 Å². The first-order chi connectivity index (χ1) is 9.69. The molecular formula is C18H28N2. The van der Waals surface area contributed by atoms with Gasteiger partial charge in [0.05, 0.1) is 0 Å². The second-order valence-corrected chi connectivity index (χ2v) is 6.94. The number of benzene rings is 1. The topological polar surface area (TPSA) is 15.3 Å². The van der Waals surface area contributed by atoms with E-state index < -0.39 is 0 Å². The van der Waals surface area contributed by atoms with E-state index in [4.69, 9.17) is 0 Å². The van der Waals surface area contributed by atoms with Gasteiger partial charge < -0.3 is 5.32 Å². The van der Waals surface area contributed by atoms with Crippen LogP contribution >= 0.6 is 0 Å². The first-order valence-corrected chi connectivity index (χ1v) is 8.20. The van der Waals surface area contributed by atoms with Crippen molar-refractivity contribution in [3.8, 4) is 0 Å². The lowest BCUT2D eigenvalue weighted by Gasteiger charge is -2.47. The first-order valence-electron chi connectivity index (χ1n) is 8.20. The summed E-state index contributed by atoms with van der Waals surface area (Å²) in [6.45, 7) is 9.52. The highest BCUT2D eigenvalue weighted by atomic mass is 15.2. The second-order valence-electron chi connectivity index (χ2n) is 6.94. The van der Waals surface area contributed by atoms with Gasteiger partial charge in [-0.05, 0) is 63.6 Å². The monoisotopic (exact) mass is 272 g/mol. The summed E-state index contributed by atoms with van der Waals surface area (Å²) in [6, 6.07) is 9.65. The molecule has 2 nitrogen and oxygen atoms in total. The molecule has 1 aromatic carbocycles. The molecule has 0 bridgehead atoms. The largest absolute Gasteiger partial charge is 0.316 e. The van der Waals surface area contributed by atoms with Crippen molar-refractivity contribution >= 4 is 0 Å². The predicted octanol–water partition coefficient (Wildman–Crippen LogP) is 3.52. The van der Waals surface area contributed by atoms with E-state index in [0.29, 0.717) is 11.5 Å². The summed E-state index contributed by atoms with van der Waals surface area (Å²) in [4.78, 5) is 2.71. The maximum atomic E-state index is 3.63. The Morgan fingerprint density at radius 1 is 1.15 bits per heavy atom. The molecule has 2 heteroatoms. The van der Waals surface area contributed by atoms with Gasteiger partial charge in [0.2, 0.25) is 0 Å². The zero-order valence-corrected chi connectivity index (χ0v) is 13.0. The molecule has 0 aliphatic carbocycles. The average molecular weight is 272 g/mol. The number of piperidine rings is 2. The molecule has 0 saturated carbocycles. The average Bonchev–Trinajstić information content (AvgIpc) is 2.48. The van der Waals surface area contributed by atoms with E-state index in [2.05, 4.69) is 48.3 Å². The van der Waals surface area contributed by atoms with Crippen molar-refractivity contribution in [2.75, 3.05) is 26.2 Å². The van der Waals surface area contributed by atoms with Crippen LogP contribution in [0.3, 0.4) is 0 Å². The van der Waals surface area contributed by atoms with Gasteiger partial charge in [-0.1, -0.05) is 29.8 Å². The van der Waals surface area contributed by atoms with Crippen LogP contribution in [0.15, 0.2) is 24.3 Å². The molecule has 20 heavy (non-hydrogen) atoms. The van der Waals surface area contributed by atoms with Crippen LogP contribution in [0.5, 0.6) is 0 Å². The van der Waals surface area contributed by atoms with Crippen molar-refractivity contribution in [2.45, 2.75) is 45.6 Å². The number of nitrogens with zero attached hydrogens (tertiary/aromatic N) is 1. The van der Waals surface area contributed by atoms with Crippen LogP contribution in [0, 0.1) is 12.3 Å². The quantitative estimate of drug-likeness (QED) is 0.886. The lowest BCUT2D eigenvalue weighted by molar-refractivity contribution is 0.0416. The first kappa shape index (κ1) is 14.1. The van der Waals surface area contributed by atoms with Crippen molar-refractivity contribution in [2.24, 2.45) is 5.41 Å². The summed E-state index contributed by atoms with van der Waals surface area (Å²) < 4.78 is 0. The molecular weight excluding hydrogens is 244 g/mol. The van der Waals surface area contributed by atoms with Crippen LogP contribution in [0.4, 0.5) is 0 Å². The van der Waals surface area contributed by atoms with Crippen LogP contribution in [0.1, 0.15) is 49.8 Å². The zero-order chi connectivity index (χ0) is 14.0. The molecule has 2 saturated heterocycles. The molecule has 2 aliphatic rings. The van der Waals surface area contributed by atoms with E-state index in [1.807, 2.05) is 0 Å². The lowest BCUT2D eigenvalue weighted by atomic mass is 9.74. The Morgan fingerprint density at radius 2 is 1.90 bits per heavy atom. The molecule has 1 N–H and O–H groups in total. The van der Waals surface area contributed by atoms with E-state index in [9.17, 15) is 0 Å². The molecule has 2 aliphatic heterocycles. The van der Waals surface area contributed by atoms with Gasteiger partial charge >= 0.3 is 0 Å². The van der Waals surface area contributed by atoms with Crippen molar-refractivity contribution in [3.63, 3.8) is 0 Å². The van der Waals surface area contributed by atoms with Gasteiger partial charge in [0.25, 0.3) is 0 Å². The predicted molar refractivity (Wildman–Crippen MR) is 84.9 cm³/mol. The molecule has 2 heterocycles. The van der Waals surface area contributed by atoms with Crippen LogP contribution < -0.4 is 5.32 Å². The number of hydrogen-bond acceptors (Lipinski definition) is 2. The minimum atomic E-state index is 0.551. The third kappa shape index (κ3) is 2.91. The third-order valence-electron chi connectivity index (χ3n) is 5.36. The summed E-state index contributed by atoms with van der Waals surface area (Å²) >= 11 is 0. The number of aryl methyl sites for hydroxylation is 1. The number of likely N-dealkylation sites (tertiary alicyclic amines) is 1. The lowest BCUT2D eigenvalue weighted by Crippen LogP contribution is -2.51. The minimum Gasteiger partial charge on any atom is -0.316 e. The molecule has 0 radical (unpaired) electrons. The highest BCUT2D eigenvalue weighted by Crippen LogP contribution is 2.38. The summed E-state index contributed by atoms with van der Waals surface area (Å²) in [5.41, 5.74) is 3.37. The standard InChI is InChI=1S/C18H28N2/c1-15-5-7-17(8-6-15)16(2)20-12-4-10-18(14-20)9-3-11-19-13-18/h5-8,16,19H,3-4,9-14H2,1-2H3. The summed E-state index contributed by atoms with van der Waals surface area (Å²) in [7, 11) is 0. The molecule has 1 spiro atoms. The zero-order valence-electron chi connectivity index (χ0n) is 13.0. The van der Waals surface area contributed by atoms with E-state index in [1.54, 1.807) is 0 Å². The van der Waals surface area contributed by atoms with E-state index in [0.717, 1.165) is 0 Å². The fraction of sp³-hybridized carbons (Fsp3) is 0.667. The van der Waals surface area contributed by atoms with Crippen molar-refractivity contribution < 1.29 is 0 Å². The molecule has 0 amide bonds. The van der Waals surface area contributed by atoms with Gasteiger partial charge in [-0.15, -0.1) is 0 Å². The number of rotatable bonds is 2. The van der Waals surface area contributed by atoms with E-state index in [1.165, 1.54) is 63.0 Å². The Morgan fingerprint density at radius 3 is 2.60 bits per heavy atom. The van der Waals surface area contributed by atoms with E-state index >= 15 is 0 Å². The van der Waals surface area contributed by atoms with Gasteiger partial charge in [-0.2, -0.15) is 0 Å². The Hall–Kier alpha value is -0.860. The van der Waals surface area contributed by atoms with Gasteiger partial charge in [-0.25, -0.2) is 0 Å². The van der Waals surface area contributed by atoms with Gasteiger partial charge in [0.15, 0.2) is 0 Å². The van der Waals surface area contributed by atoms with Crippen molar-refractivity contribution in [3.05, 3.63) is 35.4 Å². The maximum Gasteiger partial charge on any atom is 0.0320 e. The highest BCUT2D eigenvalue weighted by molar-refractivity contribution is 5.24. The summed E-state index contributed by atoms with van der Waals surface area (Å²) in [5.74, 6) is 0. The summed E-state index contributed by atoms with van der Waals surface area (Å²) in [5, 5.41) is 3.63. The SMILES string of the molecule is Cc1ccc(C(C)N2CCCC3(CCCNC3)C2)cc1. The minimum absolute atomic E-state index is 0.551. The smallest absolute Gasteiger partial charge is 0.0320 e. The fourth-order valence-corrected chi connectivity index (χ4v) is 4.01. The molecule has 110 valence electrons. The van der Waals surface area contributed by atoms with Crippen LogP contribution in [0.25, 0.3) is 0 Å². The Labute approximate surface area is 123 Å². The summed E-state index contributed by atoms with van der Waals surface area (Å²) in [6.07, 6.45) is 5.54. The van der Waals surface area contributed by atoms with Crippen LogP contribution in [-0.2, 0) is 0 Å². The maximum absolute atomic E-state index is 3.63. The Kier molecular flexibility index (Phi) is 4.13. The molecule has 0 aromatic heterocycles. The van der Waals surface area contributed by atoms with Crippen LogP contribution in [0.2, 0.25) is 0 Å². The molecule has 3 rings (SSSR count). The van der Waals surface area contributed by atoms with Crippen LogP contribution in [-0.4, -0.2) is 31.1 Å². The second kappa shape index (κ2) is 5.87. The van der Waals surface area contributed by atoms with Gasteiger partial charge in [0, 0.05) is 19.1 Å².